The molecule has 1 aromatic carbocycles. The number of carboxylic acid groups (broad SMARTS) is 1. The third kappa shape index (κ3) is 2.83. The van der Waals surface area contributed by atoms with Crippen molar-refractivity contribution in [1.82, 2.24) is 5.32 Å². The molecule has 3 nitrogen and oxygen atoms in total. The summed E-state index contributed by atoms with van der Waals surface area (Å²) in [6.45, 7) is 3.92. The van der Waals surface area contributed by atoms with Gasteiger partial charge in [-0.15, -0.1) is 0 Å². The molecule has 16 heavy (non-hydrogen) atoms. The number of hydrogen-bond acceptors (Lipinski definition) is 2. The molecule has 2 atom stereocenters. The van der Waals surface area contributed by atoms with E-state index in [1.165, 1.54) is 5.56 Å². The molecule has 0 amide bonds. The van der Waals surface area contributed by atoms with Crippen LogP contribution in [0.2, 0.25) is 0 Å². The van der Waals surface area contributed by atoms with Gasteiger partial charge in [-0.05, 0) is 26.0 Å². The maximum Gasteiger partial charge on any atom is 0.308 e. The Morgan fingerprint density at radius 2 is 1.94 bits per heavy atom. The minimum atomic E-state index is -0.748. The van der Waals surface area contributed by atoms with Crippen LogP contribution < -0.4 is 5.32 Å². The summed E-state index contributed by atoms with van der Waals surface area (Å²) in [6.07, 6.45) is 0.620. The first kappa shape index (κ1) is 12.7. The molecule has 0 heterocycles. The SMILES string of the molecule is CCC(C(=O)O)C(NC)c1ccc(C)cc1. The summed E-state index contributed by atoms with van der Waals surface area (Å²) in [5, 5.41) is 12.2. The molecule has 0 fully saturated rings. The van der Waals surface area contributed by atoms with Crippen molar-refractivity contribution >= 4 is 5.97 Å². The van der Waals surface area contributed by atoms with Crippen molar-refractivity contribution in [1.29, 1.82) is 0 Å². The molecule has 1 rings (SSSR count). The molecule has 0 spiro atoms. The molecule has 0 radical (unpaired) electrons. The summed E-state index contributed by atoms with van der Waals surface area (Å²) in [5.74, 6) is -1.13. The number of aryl methyl sites for hydroxylation is 1. The molecule has 1 aromatic rings. The van der Waals surface area contributed by atoms with Crippen LogP contribution in [0, 0.1) is 12.8 Å². The second-order valence-corrected chi connectivity index (χ2v) is 4.03. The average Bonchev–Trinajstić information content (AvgIpc) is 2.26. The third-order valence-electron chi connectivity index (χ3n) is 2.91. The Bertz CT molecular complexity index is 345. The Balaban J connectivity index is 2.96. The van der Waals surface area contributed by atoms with Crippen LogP contribution in [0.15, 0.2) is 24.3 Å². The van der Waals surface area contributed by atoms with Crippen LogP contribution >= 0.6 is 0 Å². The Morgan fingerprint density at radius 3 is 2.31 bits per heavy atom. The summed E-state index contributed by atoms with van der Waals surface area (Å²) in [4.78, 5) is 11.1. The first-order chi connectivity index (χ1) is 7.60. The third-order valence-corrected chi connectivity index (χ3v) is 2.91. The minimum absolute atomic E-state index is 0.122. The van der Waals surface area contributed by atoms with Gasteiger partial charge in [-0.3, -0.25) is 4.79 Å². The van der Waals surface area contributed by atoms with Crippen molar-refractivity contribution in [2.75, 3.05) is 7.05 Å². The van der Waals surface area contributed by atoms with E-state index in [1.807, 2.05) is 38.1 Å². The fraction of sp³-hybridized carbons (Fsp3) is 0.462. The van der Waals surface area contributed by atoms with E-state index in [-0.39, 0.29) is 12.0 Å². The molecule has 0 aliphatic heterocycles. The summed E-state index contributed by atoms with van der Waals surface area (Å²) in [7, 11) is 1.80. The van der Waals surface area contributed by atoms with E-state index >= 15 is 0 Å². The Hall–Kier alpha value is -1.35. The molecule has 0 saturated carbocycles. The second kappa shape index (κ2) is 5.66. The van der Waals surface area contributed by atoms with Crippen LogP contribution in [0.1, 0.15) is 30.5 Å². The van der Waals surface area contributed by atoms with E-state index in [2.05, 4.69) is 5.32 Å². The van der Waals surface area contributed by atoms with Crippen LogP contribution in [0.25, 0.3) is 0 Å². The summed E-state index contributed by atoms with van der Waals surface area (Å²) in [5.41, 5.74) is 2.21. The largest absolute Gasteiger partial charge is 0.481 e. The van der Waals surface area contributed by atoms with Gasteiger partial charge in [0, 0.05) is 6.04 Å². The van der Waals surface area contributed by atoms with Crippen molar-refractivity contribution in [3.05, 3.63) is 35.4 Å². The number of rotatable bonds is 5. The fourth-order valence-corrected chi connectivity index (χ4v) is 1.93. The highest BCUT2D eigenvalue weighted by Crippen LogP contribution is 2.24. The van der Waals surface area contributed by atoms with Crippen molar-refractivity contribution in [2.24, 2.45) is 5.92 Å². The fourth-order valence-electron chi connectivity index (χ4n) is 1.93. The zero-order valence-electron chi connectivity index (χ0n) is 10.0. The van der Waals surface area contributed by atoms with E-state index in [1.54, 1.807) is 7.05 Å². The molecule has 2 unspecified atom stereocenters. The van der Waals surface area contributed by atoms with Gasteiger partial charge in [-0.1, -0.05) is 36.8 Å². The lowest BCUT2D eigenvalue weighted by Crippen LogP contribution is -2.30. The standard InChI is InChI=1S/C13H19NO2/c1-4-11(13(15)16)12(14-3)10-7-5-9(2)6-8-10/h5-8,11-12,14H,4H2,1-3H3,(H,15,16). The molecule has 2 N–H and O–H groups in total. The van der Waals surface area contributed by atoms with Gasteiger partial charge < -0.3 is 10.4 Å². The highest BCUT2D eigenvalue weighted by Gasteiger charge is 2.26. The second-order valence-electron chi connectivity index (χ2n) is 4.03. The predicted octanol–water partition coefficient (Wildman–Crippen LogP) is 2.37. The topological polar surface area (TPSA) is 49.3 Å². The average molecular weight is 221 g/mol. The van der Waals surface area contributed by atoms with Gasteiger partial charge in [0.05, 0.1) is 5.92 Å². The van der Waals surface area contributed by atoms with Gasteiger partial charge in [0.15, 0.2) is 0 Å². The van der Waals surface area contributed by atoms with Crippen molar-refractivity contribution < 1.29 is 9.90 Å². The number of carboxylic acids is 1. The van der Waals surface area contributed by atoms with Crippen LogP contribution in [0.3, 0.4) is 0 Å². The van der Waals surface area contributed by atoms with E-state index in [4.69, 9.17) is 5.11 Å². The summed E-state index contributed by atoms with van der Waals surface area (Å²) in [6, 6.07) is 7.87. The first-order valence-electron chi connectivity index (χ1n) is 5.56. The number of carbonyl (C=O) groups is 1. The Labute approximate surface area is 96.5 Å². The lowest BCUT2D eigenvalue weighted by molar-refractivity contribution is -0.143. The molecule has 3 heteroatoms. The van der Waals surface area contributed by atoms with Crippen molar-refractivity contribution in [3.63, 3.8) is 0 Å². The van der Waals surface area contributed by atoms with Crippen LogP contribution in [-0.4, -0.2) is 18.1 Å². The normalized spacial score (nSPS) is 14.4. The highest BCUT2D eigenvalue weighted by atomic mass is 16.4. The lowest BCUT2D eigenvalue weighted by atomic mass is 9.90. The van der Waals surface area contributed by atoms with Gasteiger partial charge in [-0.25, -0.2) is 0 Å². The lowest BCUT2D eigenvalue weighted by Gasteiger charge is -2.23. The predicted molar refractivity (Wildman–Crippen MR) is 64.4 cm³/mol. The highest BCUT2D eigenvalue weighted by molar-refractivity contribution is 5.71. The van der Waals surface area contributed by atoms with Gasteiger partial charge in [-0.2, -0.15) is 0 Å². The van der Waals surface area contributed by atoms with Gasteiger partial charge >= 0.3 is 5.97 Å². The van der Waals surface area contributed by atoms with Crippen molar-refractivity contribution in [3.8, 4) is 0 Å². The molecular formula is C13H19NO2. The summed E-state index contributed by atoms with van der Waals surface area (Å²) < 4.78 is 0. The molecule has 0 aliphatic carbocycles. The van der Waals surface area contributed by atoms with E-state index in [0.29, 0.717) is 6.42 Å². The molecule has 0 aliphatic rings. The summed E-state index contributed by atoms with van der Waals surface area (Å²) >= 11 is 0. The number of aliphatic carboxylic acids is 1. The van der Waals surface area contributed by atoms with E-state index in [9.17, 15) is 4.79 Å². The van der Waals surface area contributed by atoms with Crippen LogP contribution in [-0.2, 0) is 4.79 Å². The minimum Gasteiger partial charge on any atom is -0.481 e. The maximum absolute atomic E-state index is 11.1. The first-order valence-corrected chi connectivity index (χ1v) is 5.56. The Morgan fingerprint density at radius 1 is 1.38 bits per heavy atom. The molecular weight excluding hydrogens is 202 g/mol. The van der Waals surface area contributed by atoms with E-state index in [0.717, 1.165) is 5.56 Å². The number of benzene rings is 1. The number of hydrogen-bond donors (Lipinski definition) is 2. The van der Waals surface area contributed by atoms with Crippen LogP contribution in [0.4, 0.5) is 0 Å². The molecule has 88 valence electrons. The molecule has 0 saturated heterocycles. The monoisotopic (exact) mass is 221 g/mol. The Kier molecular flexibility index (Phi) is 4.50. The van der Waals surface area contributed by atoms with Gasteiger partial charge in [0.2, 0.25) is 0 Å². The van der Waals surface area contributed by atoms with Crippen molar-refractivity contribution in [2.45, 2.75) is 26.3 Å². The zero-order chi connectivity index (χ0) is 12.1. The van der Waals surface area contributed by atoms with Crippen LogP contribution in [0.5, 0.6) is 0 Å². The van der Waals surface area contributed by atoms with Gasteiger partial charge in [0.1, 0.15) is 0 Å². The molecule has 0 bridgehead atoms. The smallest absolute Gasteiger partial charge is 0.308 e. The van der Waals surface area contributed by atoms with E-state index < -0.39 is 5.97 Å². The maximum atomic E-state index is 11.1. The number of nitrogens with one attached hydrogen (secondary N) is 1. The van der Waals surface area contributed by atoms with Gasteiger partial charge in [0.25, 0.3) is 0 Å². The zero-order valence-corrected chi connectivity index (χ0v) is 10.0. The quantitative estimate of drug-likeness (QED) is 0.802. The molecule has 0 aromatic heterocycles.